The van der Waals surface area contributed by atoms with Gasteiger partial charge in [-0.3, -0.25) is 0 Å². The summed E-state index contributed by atoms with van der Waals surface area (Å²) in [5.41, 5.74) is 1.15. The van der Waals surface area contributed by atoms with Crippen LogP contribution in [0.5, 0.6) is 0 Å². The van der Waals surface area contributed by atoms with Crippen LogP contribution >= 0.6 is 0 Å². The number of epoxide rings is 1. The molecule has 1 aliphatic rings. The summed E-state index contributed by atoms with van der Waals surface area (Å²) in [7, 11) is 0. The number of benzene rings is 1. The maximum Gasteiger partial charge on any atom is 0.123 e. The first-order chi connectivity index (χ1) is 5.77. The molecule has 0 amide bonds. The minimum Gasteiger partial charge on any atom is -0.372 e. The van der Waals surface area contributed by atoms with Gasteiger partial charge >= 0.3 is 0 Å². The summed E-state index contributed by atoms with van der Waals surface area (Å²) in [4.78, 5) is 0. The largest absolute Gasteiger partial charge is 0.372 e. The van der Waals surface area contributed by atoms with Gasteiger partial charge in [-0.2, -0.15) is 0 Å². The van der Waals surface area contributed by atoms with Gasteiger partial charge < -0.3 is 4.74 Å². The maximum atomic E-state index is 12.5. The highest BCUT2D eigenvalue weighted by molar-refractivity contribution is 5.21. The van der Waals surface area contributed by atoms with Gasteiger partial charge in [-0.25, -0.2) is 4.39 Å². The van der Waals surface area contributed by atoms with E-state index in [-0.39, 0.29) is 5.82 Å². The second-order valence-corrected chi connectivity index (χ2v) is 3.21. The average molecular weight is 166 g/mol. The van der Waals surface area contributed by atoms with Crippen LogP contribution in [0.25, 0.3) is 0 Å². The van der Waals surface area contributed by atoms with E-state index in [1.165, 1.54) is 12.1 Å². The van der Waals surface area contributed by atoms with E-state index >= 15 is 0 Å². The lowest BCUT2D eigenvalue weighted by atomic mass is 9.98. The van der Waals surface area contributed by atoms with Crippen molar-refractivity contribution in [2.24, 2.45) is 0 Å². The number of hydrogen-bond donors (Lipinski definition) is 0. The van der Waals surface area contributed by atoms with Crippen LogP contribution in [0, 0.1) is 5.82 Å². The molecule has 1 unspecified atom stereocenters. The molecule has 1 heterocycles. The molecule has 1 saturated heterocycles. The van der Waals surface area contributed by atoms with Crippen molar-refractivity contribution in [3.63, 3.8) is 0 Å². The lowest BCUT2D eigenvalue weighted by Gasteiger charge is -2.07. The SMILES string of the molecule is CC(c1ccc(F)cc1)[C@@H]1CO1. The molecule has 1 aromatic carbocycles. The molecule has 1 aliphatic heterocycles. The topological polar surface area (TPSA) is 12.5 Å². The molecule has 1 nitrogen and oxygen atoms in total. The molecule has 2 atom stereocenters. The molecular formula is C10H11FO. The van der Waals surface area contributed by atoms with Crippen LogP contribution in [0.15, 0.2) is 24.3 Å². The Morgan fingerprint density at radius 1 is 1.42 bits per heavy atom. The summed E-state index contributed by atoms with van der Waals surface area (Å²) in [6, 6.07) is 6.63. The molecule has 0 N–H and O–H groups in total. The monoisotopic (exact) mass is 166 g/mol. The molecule has 64 valence electrons. The normalized spacial score (nSPS) is 23.7. The highest BCUT2D eigenvalue weighted by atomic mass is 19.1. The van der Waals surface area contributed by atoms with Crippen LogP contribution in [0.3, 0.4) is 0 Å². The first-order valence-electron chi connectivity index (χ1n) is 4.14. The quantitative estimate of drug-likeness (QED) is 0.614. The Labute approximate surface area is 71.2 Å². The summed E-state index contributed by atoms with van der Waals surface area (Å²) >= 11 is 0. The van der Waals surface area contributed by atoms with E-state index in [2.05, 4.69) is 6.92 Å². The zero-order chi connectivity index (χ0) is 8.55. The fraction of sp³-hybridized carbons (Fsp3) is 0.400. The highest BCUT2D eigenvalue weighted by Crippen LogP contribution is 2.28. The van der Waals surface area contributed by atoms with Crippen LogP contribution in [0.1, 0.15) is 18.4 Å². The minimum absolute atomic E-state index is 0.178. The number of ether oxygens (including phenoxy) is 1. The van der Waals surface area contributed by atoms with Crippen LogP contribution < -0.4 is 0 Å². The summed E-state index contributed by atoms with van der Waals surface area (Å²) in [5.74, 6) is 0.216. The summed E-state index contributed by atoms with van der Waals surface area (Å²) < 4.78 is 17.7. The van der Waals surface area contributed by atoms with Gasteiger partial charge in [-0.05, 0) is 17.7 Å². The van der Waals surface area contributed by atoms with E-state index < -0.39 is 0 Å². The van der Waals surface area contributed by atoms with E-state index in [4.69, 9.17) is 4.74 Å². The third-order valence-electron chi connectivity index (χ3n) is 2.31. The van der Waals surface area contributed by atoms with Gasteiger partial charge in [0.2, 0.25) is 0 Å². The molecule has 0 aliphatic carbocycles. The van der Waals surface area contributed by atoms with E-state index in [0.717, 1.165) is 12.2 Å². The smallest absolute Gasteiger partial charge is 0.123 e. The van der Waals surface area contributed by atoms with Crippen molar-refractivity contribution in [2.45, 2.75) is 18.9 Å². The third-order valence-corrected chi connectivity index (χ3v) is 2.31. The van der Waals surface area contributed by atoms with E-state index in [0.29, 0.717) is 12.0 Å². The molecule has 0 radical (unpaired) electrons. The summed E-state index contributed by atoms with van der Waals surface area (Å²) in [6.45, 7) is 2.95. The van der Waals surface area contributed by atoms with Crippen molar-refractivity contribution in [1.29, 1.82) is 0 Å². The fourth-order valence-corrected chi connectivity index (χ4v) is 1.33. The highest BCUT2D eigenvalue weighted by Gasteiger charge is 2.30. The Kier molecular flexibility index (Phi) is 1.85. The van der Waals surface area contributed by atoms with E-state index in [1.807, 2.05) is 12.1 Å². The van der Waals surface area contributed by atoms with E-state index in [9.17, 15) is 4.39 Å². The number of rotatable bonds is 2. The molecule has 1 aromatic rings. The van der Waals surface area contributed by atoms with Crippen LogP contribution in [-0.2, 0) is 4.74 Å². The zero-order valence-electron chi connectivity index (χ0n) is 6.96. The molecule has 2 heteroatoms. The van der Waals surface area contributed by atoms with Crippen LogP contribution in [0.4, 0.5) is 4.39 Å². The van der Waals surface area contributed by atoms with Crippen molar-refractivity contribution >= 4 is 0 Å². The van der Waals surface area contributed by atoms with Crippen molar-refractivity contribution < 1.29 is 9.13 Å². The molecule has 0 bridgehead atoms. The molecule has 0 aromatic heterocycles. The van der Waals surface area contributed by atoms with Gasteiger partial charge in [0.15, 0.2) is 0 Å². The molecule has 1 fully saturated rings. The van der Waals surface area contributed by atoms with Crippen molar-refractivity contribution in [2.75, 3.05) is 6.61 Å². The predicted molar refractivity (Wildman–Crippen MR) is 44.6 cm³/mol. The lowest BCUT2D eigenvalue weighted by molar-refractivity contribution is 0.382. The lowest BCUT2D eigenvalue weighted by Crippen LogP contribution is -2.00. The molecular weight excluding hydrogens is 155 g/mol. The van der Waals surface area contributed by atoms with Gasteiger partial charge in [-0.1, -0.05) is 19.1 Å². The standard InChI is InChI=1S/C10H11FO/c1-7(10-6-12-10)8-2-4-9(11)5-3-8/h2-5,7,10H,6H2,1H3/t7?,10-/m0/s1. The molecule has 0 saturated carbocycles. The predicted octanol–water partition coefficient (Wildman–Crippen LogP) is 2.33. The number of hydrogen-bond acceptors (Lipinski definition) is 1. The molecule has 12 heavy (non-hydrogen) atoms. The van der Waals surface area contributed by atoms with Crippen molar-refractivity contribution in [1.82, 2.24) is 0 Å². The van der Waals surface area contributed by atoms with E-state index in [1.54, 1.807) is 0 Å². The Balaban J connectivity index is 2.16. The Bertz CT molecular complexity index is 264. The minimum atomic E-state index is -0.178. The van der Waals surface area contributed by atoms with Gasteiger partial charge in [-0.15, -0.1) is 0 Å². The van der Waals surface area contributed by atoms with Gasteiger partial charge in [0.25, 0.3) is 0 Å². The average Bonchev–Trinajstić information content (AvgIpc) is 2.87. The van der Waals surface area contributed by atoms with Crippen LogP contribution in [0.2, 0.25) is 0 Å². The first kappa shape index (κ1) is 7.74. The third kappa shape index (κ3) is 1.48. The van der Waals surface area contributed by atoms with Gasteiger partial charge in [0.05, 0.1) is 12.7 Å². The van der Waals surface area contributed by atoms with Crippen LogP contribution in [-0.4, -0.2) is 12.7 Å². The molecule has 2 rings (SSSR count). The Morgan fingerprint density at radius 2 is 2.00 bits per heavy atom. The number of halogens is 1. The maximum absolute atomic E-state index is 12.5. The fourth-order valence-electron chi connectivity index (χ4n) is 1.33. The zero-order valence-corrected chi connectivity index (χ0v) is 6.96. The van der Waals surface area contributed by atoms with Crippen molar-refractivity contribution in [3.05, 3.63) is 35.6 Å². The Morgan fingerprint density at radius 3 is 2.50 bits per heavy atom. The summed E-state index contributed by atoms with van der Waals surface area (Å²) in [6.07, 6.45) is 0.357. The van der Waals surface area contributed by atoms with Crippen molar-refractivity contribution in [3.8, 4) is 0 Å². The Hall–Kier alpha value is -0.890. The van der Waals surface area contributed by atoms with Gasteiger partial charge in [0.1, 0.15) is 5.82 Å². The second kappa shape index (κ2) is 2.87. The molecule has 0 spiro atoms. The first-order valence-corrected chi connectivity index (χ1v) is 4.14. The second-order valence-electron chi connectivity index (χ2n) is 3.21. The summed E-state index contributed by atoms with van der Waals surface area (Å²) in [5, 5.41) is 0. The van der Waals surface area contributed by atoms with Gasteiger partial charge in [0, 0.05) is 5.92 Å².